The highest BCUT2D eigenvalue weighted by molar-refractivity contribution is 6.08. The fraction of sp³-hybridized carbons (Fsp3) is 0.364. The number of ether oxygens (including phenoxy) is 2. The molecule has 2 aromatic carbocycles. The second-order valence-corrected chi connectivity index (χ2v) is 6.68. The van der Waals surface area contributed by atoms with Crippen LogP contribution in [-0.4, -0.2) is 38.1 Å². The van der Waals surface area contributed by atoms with Gasteiger partial charge >= 0.3 is 0 Å². The van der Waals surface area contributed by atoms with Crippen LogP contribution >= 0.6 is 0 Å². The zero-order chi connectivity index (χ0) is 19.9. The number of para-hydroxylation sites is 2. The van der Waals surface area contributed by atoms with E-state index in [1.165, 1.54) is 0 Å². The van der Waals surface area contributed by atoms with E-state index in [2.05, 4.69) is 12.2 Å². The molecule has 1 heterocycles. The van der Waals surface area contributed by atoms with Crippen LogP contribution in [0.15, 0.2) is 48.5 Å². The van der Waals surface area contributed by atoms with Crippen LogP contribution < -0.4 is 19.7 Å². The summed E-state index contributed by atoms with van der Waals surface area (Å²) < 4.78 is 11.5. The lowest BCUT2D eigenvalue weighted by Gasteiger charge is -2.34. The van der Waals surface area contributed by atoms with Crippen LogP contribution in [0, 0.1) is 0 Å². The molecule has 0 radical (unpaired) electrons. The number of hydrogen-bond donors (Lipinski definition) is 1. The maximum atomic E-state index is 13.1. The van der Waals surface area contributed by atoms with Crippen LogP contribution in [0.3, 0.4) is 0 Å². The van der Waals surface area contributed by atoms with E-state index in [0.717, 1.165) is 25.0 Å². The highest BCUT2D eigenvalue weighted by atomic mass is 16.5. The van der Waals surface area contributed by atoms with E-state index in [9.17, 15) is 9.59 Å². The number of nitrogens with zero attached hydrogens (tertiary/aromatic N) is 1. The molecular weight excluding hydrogens is 356 g/mol. The molecule has 1 atom stereocenters. The minimum absolute atomic E-state index is 0.158. The van der Waals surface area contributed by atoms with E-state index < -0.39 is 6.10 Å². The fourth-order valence-electron chi connectivity index (χ4n) is 3.12. The average molecular weight is 382 g/mol. The van der Waals surface area contributed by atoms with Gasteiger partial charge in [-0.15, -0.1) is 0 Å². The van der Waals surface area contributed by atoms with Gasteiger partial charge in [0.1, 0.15) is 11.5 Å². The van der Waals surface area contributed by atoms with Crippen LogP contribution in [0.25, 0.3) is 0 Å². The van der Waals surface area contributed by atoms with Crippen LogP contribution in [0.1, 0.15) is 36.5 Å². The molecule has 0 aromatic heterocycles. The van der Waals surface area contributed by atoms with Gasteiger partial charge in [-0.25, -0.2) is 0 Å². The standard InChI is InChI=1S/C22H26N2O4/c1-3-4-7-14-27-17-12-10-16(11-13-17)22(26)24-15-20(21(25)23-2)28-19-9-6-5-8-18(19)24/h5-6,8-13,20H,3-4,7,14-15H2,1-2H3,(H,23,25)/t20-/m1/s1. The Morgan fingerprint density at radius 3 is 2.61 bits per heavy atom. The molecule has 0 fully saturated rings. The van der Waals surface area contributed by atoms with Crippen molar-refractivity contribution in [1.82, 2.24) is 5.32 Å². The van der Waals surface area contributed by atoms with Crippen LogP contribution in [0.4, 0.5) is 5.69 Å². The Morgan fingerprint density at radius 1 is 1.14 bits per heavy atom. The lowest BCUT2D eigenvalue weighted by molar-refractivity contribution is -0.127. The van der Waals surface area contributed by atoms with Crippen molar-refractivity contribution >= 4 is 17.5 Å². The van der Waals surface area contributed by atoms with Gasteiger partial charge in [0, 0.05) is 12.6 Å². The number of nitrogens with one attached hydrogen (secondary N) is 1. The van der Waals surface area contributed by atoms with Crippen LogP contribution in [0.2, 0.25) is 0 Å². The summed E-state index contributed by atoms with van der Waals surface area (Å²) in [6.07, 6.45) is 2.56. The summed E-state index contributed by atoms with van der Waals surface area (Å²) in [6.45, 7) is 2.98. The minimum atomic E-state index is -0.745. The van der Waals surface area contributed by atoms with E-state index in [1.54, 1.807) is 30.1 Å². The minimum Gasteiger partial charge on any atom is -0.494 e. The number of rotatable bonds is 7. The third-order valence-corrected chi connectivity index (χ3v) is 4.68. The first-order valence-corrected chi connectivity index (χ1v) is 9.66. The maximum Gasteiger partial charge on any atom is 0.262 e. The van der Waals surface area contributed by atoms with Crippen molar-refractivity contribution in [3.8, 4) is 11.5 Å². The molecular formula is C22H26N2O4. The van der Waals surface area contributed by atoms with Crippen molar-refractivity contribution in [2.75, 3.05) is 25.1 Å². The first-order chi connectivity index (χ1) is 13.6. The summed E-state index contributed by atoms with van der Waals surface area (Å²) in [4.78, 5) is 26.8. The molecule has 0 saturated carbocycles. The van der Waals surface area contributed by atoms with Gasteiger partial charge in [-0.3, -0.25) is 9.59 Å². The number of carbonyl (C=O) groups excluding carboxylic acids is 2. The van der Waals surface area contributed by atoms with Crippen molar-refractivity contribution in [1.29, 1.82) is 0 Å². The van der Waals surface area contributed by atoms with Crippen molar-refractivity contribution in [2.45, 2.75) is 32.3 Å². The Kier molecular flexibility index (Phi) is 6.53. The summed E-state index contributed by atoms with van der Waals surface area (Å²) in [5, 5.41) is 2.58. The molecule has 0 saturated heterocycles. The summed E-state index contributed by atoms with van der Waals surface area (Å²) in [7, 11) is 1.55. The molecule has 0 unspecified atom stereocenters. The van der Waals surface area contributed by atoms with E-state index >= 15 is 0 Å². The summed E-state index contributed by atoms with van der Waals surface area (Å²) >= 11 is 0. The third kappa shape index (κ3) is 4.44. The molecule has 0 spiro atoms. The zero-order valence-corrected chi connectivity index (χ0v) is 16.3. The predicted molar refractivity (Wildman–Crippen MR) is 108 cm³/mol. The first kappa shape index (κ1) is 19.7. The van der Waals surface area contributed by atoms with E-state index in [0.29, 0.717) is 23.6 Å². The molecule has 1 aliphatic heterocycles. The Hall–Kier alpha value is -3.02. The normalized spacial score (nSPS) is 15.4. The molecule has 0 bridgehead atoms. The molecule has 2 amide bonds. The Labute approximate surface area is 165 Å². The molecule has 6 heteroatoms. The number of carbonyl (C=O) groups is 2. The highest BCUT2D eigenvalue weighted by Gasteiger charge is 2.33. The number of fused-ring (bicyclic) bond motifs is 1. The molecule has 1 N–H and O–H groups in total. The molecule has 148 valence electrons. The Morgan fingerprint density at radius 2 is 1.89 bits per heavy atom. The van der Waals surface area contributed by atoms with Gasteiger partial charge < -0.3 is 19.7 Å². The second kappa shape index (κ2) is 9.26. The summed E-state index contributed by atoms with van der Waals surface area (Å²) in [6, 6.07) is 14.4. The smallest absolute Gasteiger partial charge is 0.262 e. The van der Waals surface area contributed by atoms with E-state index in [-0.39, 0.29) is 18.4 Å². The van der Waals surface area contributed by atoms with Crippen LogP contribution in [0.5, 0.6) is 11.5 Å². The molecule has 6 nitrogen and oxygen atoms in total. The Bertz CT molecular complexity index is 820. The second-order valence-electron chi connectivity index (χ2n) is 6.68. The number of likely N-dealkylation sites (N-methyl/N-ethyl adjacent to an activating group) is 1. The topological polar surface area (TPSA) is 67.9 Å². The van der Waals surface area contributed by atoms with Gasteiger partial charge in [0.15, 0.2) is 6.10 Å². The first-order valence-electron chi connectivity index (χ1n) is 9.66. The molecule has 0 aliphatic carbocycles. The van der Waals surface area contributed by atoms with Crippen molar-refractivity contribution in [3.05, 3.63) is 54.1 Å². The largest absolute Gasteiger partial charge is 0.494 e. The lowest BCUT2D eigenvalue weighted by atomic mass is 10.1. The van der Waals surface area contributed by atoms with E-state index in [4.69, 9.17) is 9.47 Å². The summed E-state index contributed by atoms with van der Waals surface area (Å²) in [5.41, 5.74) is 1.20. The lowest BCUT2D eigenvalue weighted by Crippen LogP contribution is -2.50. The number of unbranched alkanes of at least 4 members (excludes halogenated alkanes) is 2. The Balaban J connectivity index is 1.76. The average Bonchev–Trinajstić information content (AvgIpc) is 2.75. The van der Waals surface area contributed by atoms with Gasteiger partial charge in [0.05, 0.1) is 18.8 Å². The van der Waals surface area contributed by atoms with Crippen LogP contribution in [-0.2, 0) is 4.79 Å². The van der Waals surface area contributed by atoms with Gasteiger partial charge in [-0.1, -0.05) is 31.9 Å². The van der Waals surface area contributed by atoms with E-state index in [1.807, 2.05) is 30.3 Å². The van der Waals surface area contributed by atoms with Gasteiger partial charge in [-0.05, 0) is 42.8 Å². The monoisotopic (exact) mass is 382 g/mol. The zero-order valence-electron chi connectivity index (χ0n) is 16.3. The van der Waals surface area contributed by atoms with Crippen molar-refractivity contribution in [3.63, 3.8) is 0 Å². The fourth-order valence-corrected chi connectivity index (χ4v) is 3.12. The predicted octanol–water partition coefficient (Wildman–Crippen LogP) is 3.41. The van der Waals surface area contributed by atoms with Crippen molar-refractivity contribution in [2.24, 2.45) is 0 Å². The van der Waals surface area contributed by atoms with Gasteiger partial charge in [-0.2, -0.15) is 0 Å². The molecule has 1 aliphatic rings. The van der Waals surface area contributed by atoms with Crippen molar-refractivity contribution < 1.29 is 19.1 Å². The number of amides is 2. The third-order valence-electron chi connectivity index (χ3n) is 4.68. The summed E-state index contributed by atoms with van der Waals surface area (Å²) in [5.74, 6) is 0.829. The molecule has 3 rings (SSSR count). The SMILES string of the molecule is CCCCCOc1ccc(C(=O)N2C[C@H](C(=O)NC)Oc3ccccc32)cc1. The number of benzene rings is 2. The van der Waals surface area contributed by atoms with Gasteiger partial charge in [0.2, 0.25) is 0 Å². The van der Waals surface area contributed by atoms with Gasteiger partial charge in [0.25, 0.3) is 11.8 Å². The molecule has 2 aromatic rings. The molecule has 28 heavy (non-hydrogen) atoms. The number of anilines is 1. The maximum absolute atomic E-state index is 13.1. The number of hydrogen-bond acceptors (Lipinski definition) is 4. The highest BCUT2D eigenvalue weighted by Crippen LogP contribution is 2.34. The quantitative estimate of drug-likeness (QED) is 0.745.